The molecular weight excluding hydrogens is 376 g/mol. The molecule has 152 valence electrons. The van der Waals surface area contributed by atoms with E-state index < -0.39 is 0 Å². The van der Waals surface area contributed by atoms with E-state index in [4.69, 9.17) is 22.1 Å². The fraction of sp³-hybridized carbons (Fsp3) is 0.571. The van der Waals surface area contributed by atoms with Crippen molar-refractivity contribution in [3.05, 3.63) is 22.7 Å². The Morgan fingerprint density at radius 1 is 1.25 bits per heavy atom. The van der Waals surface area contributed by atoms with Crippen LogP contribution in [0.1, 0.15) is 24.2 Å². The summed E-state index contributed by atoms with van der Waals surface area (Å²) in [6, 6.07) is 3.33. The molecule has 6 nitrogen and oxygen atoms in total. The molecule has 0 saturated carbocycles. The summed E-state index contributed by atoms with van der Waals surface area (Å²) >= 11 is 6.20. The molecule has 2 saturated heterocycles. The van der Waals surface area contributed by atoms with Crippen LogP contribution in [0.4, 0.5) is 5.69 Å². The van der Waals surface area contributed by atoms with Crippen molar-refractivity contribution >= 4 is 23.2 Å². The number of carbonyl (C=O) groups is 1. The van der Waals surface area contributed by atoms with Crippen molar-refractivity contribution in [1.82, 2.24) is 15.1 Å². The molecule has 7 heteroatoms. The SMILES string of the molecule is CC#CC(C)Oc1cc(N)c(Cl)cc1C(=O)NC1C2CN(C)CC1CN(C)C2. The molecule has 2 aliphatic heterocycles. The smallest absolute Gasteiger partial charge is 0.255 e. The number of nitrogens with one attached hydrogen (secondary N) is 1. The Hall–Kier alpha value is -1.94. The van der Waals surface area contributed by atoms with Crippen LogP contribution in [0.3, 0.4) is 0 Å². The third kappa shape index (κ3) is 4.54. The number of halogens is 1. The van der Waals surface area contributed by atoms with Gasteiger partial charge in [-0.15, -0.1) is 5.92 Å². The third-order valence-electron chi connectivity index (χ3n) is 5.49. The lowest BCUT2D eigenvalue weighted by Gasteiger charge is -2.49. The van der Waals surface area contributed by atoms with E-state index in [0.29, 0.717) is 33.9 Å². The Morgan fingerprint density at radius 3 is 2.36 bits per heavy atom. The molecule has 2 aliphatic rings. The summed E-state index contributed by atoms with van der Waals surface area (Å²) in [4.78, 5) is 17.9. The number of amides is 1. The van der Waals surface area contributed by atoms with Crippen LogP contribution in [0.2, 0.25) is 5.02 Å². The number of ether oxygens (including phenoxy) is 1. The van der Waals surface area contributed by atoms with Crippen molar-refractivity contribution in [2.24, 2.45) is 11.8 Å². The van der Waals surface area contributed by atoms with Gasteiger partial charge in [-0.3, -0.25) is 4.79 Å². The molecule has 2 fully saturated rings. The van der Waals surface area contributed by atoms with Gasteiger partial charge in [-0.1, -0.05) is 17.5 Å². The normalized spacial score (nSPS) is 26.1. The zero-order chi connectivity index (χ0) is 20.4. The van der Waals surface area contributed by atoms with Gasteiger partial charge in [-0.25, -0.2) is 0 Å². The first-order chi connectivity index (χ1) is 13.3. The predicted octanol–water partition coefficient (Wildman–Crippen LogP) is 1.93. The second-order valence-electron chi connectivity index (χ2n) is 7.99. The van der Waals surface area contributed by atoms with Crippen LogP contribution in [0, 0.1) is 23.7 Å². The van der Waals surface area contributed by atoms with Crippen molar-refractivity contribution in [1.29, 1.82) is 0 Å². The van der Waals surface area contributed by atoms with Gasteiger partial charge in [0.1, 0.15) is 5.75 Å². The minimum Gasteiger partial charge on any atom is -0.477 e. The van der Waals surface area contributed by atoms with Crippen molar-refractivity contribution in [2.75, 3.05) is 46.0 Å². The second kappa shape index (κ2) is 8.60. The number of hydrogen-bond donors (Lipinski definition) is 2. The monoisotopic (exact) mass is 404 g/mol. The summed E-state index contributed by atoms with van der Waals surface area (Å²) in [6.07, 6.45) is -0.353. The predicted molar refractivity (Wildman–Crippen MR) is 113 cm³/mol. The Bertz CT molecular complexity index is 774. The zero-order valence-corrected chi connectivity index (χ0v) is 17.7. The number of likely N-dealkylation sites (tertiary alicyclic amines) is 2. The number of nitrogens with zero attached hydrogens (tertiary/aromatic N) is 2. The number of piperidine rings is 2. The largest absolute Gasteiger partial charge is 0.477 e. The molecule has 0 radical (unpaired) electrons. The lowest BCUT2D eigenvalue weighted by molar-refractivity contribution is 0.0202. The number of fused-ring (bicyclic) bond motifs is 2. The lowest BCUT2D eigenvalue weighted by atomic mass is 9.79. The zero-order valence-electron chi connectivity index (χ0n) is 17.0. The quantitative estimate of drug-likeness (QED) is 0.592. The van der Waals surface area contributed by atoms with Gasteiger partial charge >= 0.3 is 0 Å². The molecule has 1 aromatic rings. The molecule has 1 unspecified atom stereocenters. The topological polar surface area (TPSA) is 70.8 Å². The van der Waals surface area contributed by atoms with Crippen LogP contribution in [0.5, 0.6) is 5.75 Å². The lowest BCUT2D eigenvalue weighted by Crippen LogP contribution is -2.63. The maximum absolute atomic E-state index is 13.2. The molecule has 0 spiro atoms. The number of nitrogens with two attached hydrogens (primary N) is 1. The van der Waals surface area contributed by atoms with E-state index >= 15 is 0 Å². The average molecular weight is 405 g/mol. The molecule has 3 rings (SSSR count). The number of nitrogen functional groups attached to an aromatic ring is 1. The maximum atomic E-state index is 13.2. The first kappa shape index (κ1) is 20.8. The molecule has 1 atom stereocenters. The first-order valence-corrected chi connectivity index (χ1v) is 10.0. The average Bonchev–Trinajstić information content (AvgIpc) is 2.59. The Balaban J connectivity index is 1.83. The third-order valence-corrected chi connectivity index (χ3v) is 5.82. The van der Waals surface area contributed by atoms with Crippen molar-refractivity contribution in [3.8, 4) is 17.6 Å². The minimum atomic E-state index is -0.353. The van der Waals surface area contributed by atoms with E-state index in [-0.39, 0.29) is 18.1 Å². The molecule has 1 aromatic carbocycles. The molecule has 0 aliphatic carbocycles. The highest BCUT2D eigenvalue weighted by Crippen LogP contribution is 2.32. The van der Waals surface area contributed by atoms with E-state index in [0.717, 1.165) is 26.2 Å². The van der Waals surface area contributed by atoms with Gasteiger partial charge < -0.3 is 25.6 Å². The van der Waals surface area contributed by atoms with Gasteiger partial charge in [0.2, 0.25) is 0 Å². The van der Waals surface area contributed by atoms with E-state index in [2.05, 4.69) is 41.1 Å². The first-order valence-electron chi connectivity index (χ1n) is 9.64. The van der Waals surface area contributed by atoms with E-state index in [1.165, 1.54) is 0 Å². The van der Waals surface area contributed by atoms with Gasteiger partial charge in [-0.05, 0) is 34.0 Å². The highest BCUT2D eigenvalue weighted by Gasteiger charge is 2.41. The van der Waals surface area contributed by atoms with Gasteiger partial charge in [0, 0.05) is 50.1 Å². The van der Waals surface area contributed by atoms with E-state index in [1.54, 1.807) is 19.1 Å². The number of hydrogen-bond acceptors (Lipinski definition) is 5. The number of benzene rings is 1. The van der Waals surface area contributed by atoms with Crippen molar-refractivity contribution < 1.29 is 9.53 Å². The minimum absolute atomic E-state index is 0.136. The molecule has 3 N–H and O–H groups in total. The Labute approximate surface area is 172 Å². The Morgan fingerprint density at radius 2 is 1.82 bits per heavy atom. The summed E-state index contributed by atoms with van der Waals surface area (Å²) in [6.45, 7) is 7.47. The Kier molecular flexibility index (Phi) is 6.39. The van der Waals surface area contributed by atoms with Gasteiger partial charge in [0.25, 0.3) is 5.91 Å². The molecule has 1 amide bonds. The summed E-state index contributed by atoms with van der Waals surface area (Å²) < 4.78 is 5.87. The number of rotatable bonds is 4. The highest BCUT2D eigenvalue weighted by molar-refractivity contribution is 6.33. The van der Waals surface area contributed by atoms with Gasteiger partial charge in [0.15, 0.2) is 6.10 Å². The summed E-state index contributed by atoms with van der Waals surface area (Å²) in [5.74, 6) is 6.77. The molecule has 0 aromatic heterocycles. The summed E-state index contributed by atoms with van der Waals surface area (Å²) in [5.41, 5.74) is 6.71. The van der Waals surface area contributed by atoms with E-state index in [1.807, 2.05) is 6.92 Å². The summed E-state index contributed by atoms with van der Waals surface area (Å²) in [7, 11) is 4.29. The fourth-order valence-electron chi connectivity index (χ4n) is 4.44. The van der Waals surface area contributed by atoms with Gasteiger partial charge in [-0.2, -0.15) is 0 Å². The van der Waals surface area contributed by atoms with Crippen LogP contribution in [0.25, 0.3) is 0 Å². The molecule has 2 heterocycles. The van der Waals surface area contributed by atoms with Crippen LogP contribution in [-0.4, -0.2) is 68.1 Å². The fourth-order valence-corrected chi connectivity index (χ4v) is 4.60. The van der Waals surface area contributed by atoms with Gasteiger partial charge in [0.05, 0.1) is 16.3 Å². The standard InChI is InChI=1S/C21H29ClN4O2/c1-5-6-13(2)28-19-8-18(23)17(22)7-16(19)21(27)24-20-14-9-25(3)10-15(20)12-26(4)11-14/h7-8,13-15,20H,9-12,23H2,1-4H3,(H,24,27). The molecule has 2 bridgehead atoms. The highest BCUT2D eigenvalue weighted by atomic mass is 35.5. The summed E-state index contributed by atoms with van der Waals surface area (Å²) in [5, 5.41) is 3.61. The second-order valence-corrected chi connectivity index (χ2v) is 8.39. The number of anilines is 1. The van der Waals surface area contributed by atoms with Crippen LogP contribution >= 0.6 is 11.6 Å². The van der Waals surface area contributed by atoms with Crippen LogP contribution < -0.4 is 15.8 Å². The van der Waals surface area contributed by atoms with E-state index in [9.17, 15) is 4.79 Å². The maximum Gasteiger partial charge on any atom is 0.255 e. The van der Waals surface area contributed by atoms with Crippen molar-refractivity contribution in [2.45, 2.75) is 26.0 Å². The van der Waals surface area contributed by atoms with Crippen molar-refractivity contribution in [3.63, 3.8) is 0 Å². The molecular formula is C21H29ClN4O2. The van der Waals surface area contributed by atoms with Crippen LogP contribution in [-0.2, 0) is 0 Å². The number of carbonyl (C=O) groups excluding carboxylic acids is 1. The van der Waals surface area contributed by atoms with Crippen LogP contribution in [0.15, 0.2) is 12.1 Å². The molecule has 28 heavy (non-hydrogen) atoms.